The Labute approximate surface area is 166 Å². The van der Waals surface area contributed by atoms with Crippen LogP contribution in [0.4, 0.5) is 0 Å². The molecule has 0 aliphatic carbocycles. The average Bonchev–Trinajstić information content (AvgIpc) is 3.27. The molecule has 1 N–H and O–H groups in total. The standard InChI is InChI=1S/C23H28N2O3/c1-2-22(26)19-10-12-20(13-11-19)28-17-23(27)24-16-21(25-14-6-7-15-25)18-8-4-3-5-9-18/h3-5,8-13,21H,2,6-7,14-17H2,1H3,(H,24,27). The molecule has 1 amide bonds. The molecule has 2 aromatic rings. The third-order valence-electron chi connectivity index (χ3n) is 5.13. The summed E-state index contributed by atoms with van der Waals surface area (Å²) in [6.07, 6.45) is 2.88. The highest BCUT2D eigenvalue weighted by molar-refractivity contribution is 5.95. The number of carbonyl (C=O) groups is 2. The summed E-state index contributed by atoms with van der Waals surface area (Å²) in [5.41, 5.74) is 1.89. The fourth-order valence-electron chi connectivity index (χ4n) is 3.54. The van der Waals surface area contributed by atoms with Crippen molar-refractivity contribution in [2.75, 3.05) is 26.2 Å². The number of Topliss-reactive ketones (excluding diaryl/α,β-unsaturated/α-hetero) is 1. The fourth-order valence-corrected chi connectivity index (χ4v) is 3.54. The Kier molecular flexibility index (Phi) is 7.20. The minimum atomic E-state index is -0.145. The van der Waals surface area contributed by atoms with Gasteiger partial charge in [0.15, 0.2) is 12.4 Å². The molecule has 0 saturated carbocycles. The summed E-state index contributed by atoms with van der Waals surface area (Å²) in [6, 6.07) is 17.4. The van der Waals surface area contributed by atoms with Gasteiger partial charge in [-0.05, 0) is 55.8 Å². The van der Waals surface area contributed by atoms with Gasteiger partial charge in [0, 0.05) is 18.5 Å². The number of benzene rings is 2. The van der Waals surface area contributed by atoms with Gasteiger partial charge in [-0.3, -0.25) is 14.5 Å². The van der Waals surface area contributed by atoms with Gasteiger partial charge >= 0.3 is 0 Å². The van der Waals surface area contributed by atoms with Crippen molar-refractivity contribution in [1.82, 2.24) is 10.2 Å². The molecule has 0 spiro atoms. The molecule has 2 aromatic carbocycles. The molecule has 0 aromatic heterocycles. The first-order valence-electron chi connectivity index (χ1n) is 9.99. The van der Waals surface area contributed by atoms with Crippen LogP contribution in [0, 0.1) is 0 Å². The topological polar surface area (TPSA) is 58.6 Å². The molecule has 148 valence electrons. The van der Waals surface area contributed by atoms with E-state index in [2.05, 4.69) is 22.3 Å². The van der Waals surface area contributed by atoms with Crippen LogP contribution >= 0.6 is 0 Å². The molecule has 1 aliphatic rings. The van der Waals surface area contributed by atoms with E-state index in [-0.39, 0.29) is 24.3 Å². The van der Waals surface area contributed by atoms with Gasteiger partial charge in [0.25, 0.3) is 5.91 Å². The first-order chi connectivity index (χ1) is 13.7. The molecule has 5 nitrogen and oxygen atoms in total. The number of hydrogen-bond donors (Lipinski definition) is 1. The number of carbonyl (C=O) groups excluding carboxylic acids is 2. The summed E-state index contributed by atoms with van der Waals surface area (Å²) >= 11 is 0. The molecular weight excluding hydrogens is 352 g/mol. The lowest BCUT2D eigenvalue weighted by Crippen LogP contribution is -2.38. The lowest BCUT2D eigenvalue weighted by atomic mass is 10.1. The van der Waals surface area contributed by atoms with Crippen molar-refractivity contribution in [2.24, 2.45) is 0 Å². The Hall–Kier alpha value is -2.66. The number of ether oxygens (including phenoxy) is 1. The summed E-state index contributed by atoms with van der Waals surface area (Å²) in [7, 11) is 0. The van der Waals surface area contributed by atoms with Crippen LogP contribution in [0.5, 0.6) is 5.75 Å². The van der Waals surface area contributed by atoms with Gasteiger partial charge in [0.2, 0.25) is 0 Å². The smallest absolute Gasteiger partial charge is 0.258 e. The molecular formula is C23H28N2O3. The summed E-state index contributed by atoms with van der Waals surface area (Å²) in [5.74, 6) is 0.536. The Balaban J connectivity index is 1.51. The van der Waals surface area contributed by atoms with Crippen LogP contribution in [-0.4, -0.2) is 42.8 Å². The maximum absolute atomic E-state index is 12.3. The molecule has 28 heavy (non-hydrogen) atoms. The third-order valence-corrected chi connectivity index (χ3v) is 5.13. The number of nitrogens with zero attached hydrogens (tertiary/aromatic N) is 1. The van der Waals surface area contributed by atoms with Crippen LogP contribution in [-0.2, 0) is 4.79 Å². The molecule has 1 saturated heterocycles. The summed E-state index contributed by atoms with van der Waals surface area (Å²) in [4.78, 5) is 26.4. The van der Waals surface area contributed by atoms with E-state index in [1.54, 1.807) is 24.3 Å². The minimum absolute atomic E-state index is 0.0391. The van der Waals surface area contributed by atoms with Gasteiger partial charge in [-0.15, -0.1) is 0 Å². The molecule has 1 atom stereocenters. The highest BCUT2D eigenvalue weighted by Gasteiger charge is 2.23. The number of hydrogen-bond acceptors (Lipinski definition) is 4. The van der Waals surface area contributed by atoms with Crippen LogP contribution in [0.3, 0.4) is 0 Å². The van der Waals surface area contributed by atoms with E-state index in [9.17, 15) is 9.59 Å². The lowest BCUT2D eigenvalue weighted by Gasteiger charge is -2.28. The lowest BCUT2D eigenvalue weighted by molar-refractivity contribution is -0.123. The van der Waals surface area contributed by atoms with Gasteiger partial charge in [-0.1, -0.05) is 37.3 Å². The zero-order chi connectivity index (χ0) is 19.8. The van der Waals surface area contributed by atoms with Gasteiger partial charge in [-0.2, -0.15) is 0 Å². The minimum Gasteiger partial charge on any atom is -0.484 e. The third kappa shape index (κ3) is 5.42. The van der Waals surface area contributed by atoms with Crippen molar-refractivity contribution in [1.29, 1.82) is 0 Å². The Bertz CT molecular complexity index is 768. The number of amides is 1. The van der Waals surface area contributed by atoms with Crippen LogP contribution in [0.25, 0.3) is 0 Å². The molecule has 0 radical (unpaired) electrons. The van der Waals surface area contributed by atoms with Crippen molar-refractivity contribution >= 4 is 11.7 Å². The Morgan fingerprint density at radius 1 is 1.04 bits per heavy atom. The van der Waals surface area contributed by atoms with Crippen molar-refractivity contribution in [3.63, 3.8) is 0 Å². The maximum Gasteiger partial charge on any atom is 0.258 e. The van der Waals surface area contributed by atoms with Crippen LogP contribution in [0.1, 0.15) is 48.1 Å². The van der Waals surface area contributed by atoms with E-state index in [4.69, 9.17) is 4.74 Å². The molecule has 3 rings (SSSR count). The van der Waals surface area contributed by atoms with Crippen LogP contribution < -0.4 is 10.1 Å². The first-order valence-corrected chi connectivity index (χ1v) is 9.99. The van der Waals surface area contributed by atoms with Crippen LogP contribution in [0.2, 0.25) is 0 Å². The van der Waals surface area contributed by atoms with E-state index in [1.165, 1.54) is 18.4 Å². The Morgan fingerprint density at radius 2 is 1.71 bits per heavy atom. The number of rotatable bonds is 9. The maximum atomic E-state index is 12.3. The van der Waals surface area contributed by atoms with Gasteiger partial charge in [0.05, 0.1) is 6.04 Å². The highest BCUT2D eigenvalue weighted by Crippen LogP contribution is 2.24. The van der Waals surface area contributed by atoms with Crippen molar-refractivity contribution in [3.05, 3.63) is 65.7 Å². The number of nitrogens with one attached hydrogen (secondary N) is 1. The summed E-state index contributed by atoms with van der Waals surface area (Å²) in [5, 5.41) is 3.01. The molecule has 1 aliphatic heterocycles. The normalized spacial score (nSPS) is 15.2. The zero-order valence-corrected chi connectivity index (χ0v) is 16.4. The van der Waals surface area contributed by atoms with Crippen LogP contribution in [0.15, 0.2) is 54.6 Å². The molecule has 0 bridgehead atoms. The average molecular weight is 380 g/mol. The first kappa shape index (κ1) is 20.1. The molecule has 1 unspecified atom stereocenters. The SMILES string of the molecule is CCC(=O)c1ccc(OCC(=O)NCC(c2ccccc2)N2CCCC2)cc1. The van der Waals surface area contributed by atoms with Crippen molar-refractivity contribution < 1.29 is 14.3 Å². The number of ketones is 1. The van der Waals surface area contributed by atoms with Crippen molar-refractivity contribution in [2.45, 2.75) is 32.2 Å². The second-order valence-corrected chi connectivity index (χ2v) is 7.06. The molecule has 1 heterocycles. The van der Waals surface area contributed by atoms with E-state index >= 15 is 0 Å². The summed E-state index contributed by atoms with van der Waals surface area (Å²) in [6.45, 7) is 4.49. The van der Waals surface area contributed by atoms with E-state index in [0.29, 0.717) is 24.3 Å². The van der Waals surface area contributed by atoms with E-state index in [1.807, 2.05) is 25.1 Å². The largest absolute Gasteiger partial charge is 0.484 e. The van der Waals surface area contributed by atoms with Crippen molar-refractivity contribution in [3.8, 4) is 5.75 Å². The predicted octanol–water partition coefficient (Wildman–Crippen LogP) is 3.61. The van der Waals surface area contributed by atoms with Gasteiger partial charge in [-0.25, -0.2) is 0 Å². The quantitative estimate of drug-likeness (QED) is 0.675. The zero-order valence-electron chi connectivity index (χ0n) is 16.4. The highest BCUT2D eigenvalue weighted by atomic mass is 16.5. The fraction of sp³-hybridized carbons (Fsp3) is 0.391. The number of likely N-dealkylation sites (tertiary alicyclic amines) is 1. The second-order valence-electron chi connectivity index (χ2n) is 7.06. The van der Waals surface area contributed by atoms with Gasteiger partial charge < -0.3 is 10.1 Å². The monoisotopic (exact) mass is 380 g/mol. The van der Waals surface area contributed by atoms with E-state index in [0.717, 1.165) is 13.1 Å². The summed E-state index contributed by atoms with van der Waals surface area (Å²) < 4.78 is 5.56. The predicted molar refractivity (Wildman–Crippen MR) is 110 cm³/mol. The van der Waals surface area contributed by atoms with Gasteiger partial charge in [0.1, 0.15) is 5.75 Å². The molecule has 1 fully saturated rings. The van der Waals surface area contributed by atoms with E-state index < -0.39 is 0 Å². The molecule has 5 heteroatoms. The Morgan fingerprint density at radius 3 is 2.36 bits per heavy atom. The second kappa shape index (κ2) is 10.0.